The van der Waals surface area contributed by atoms with Crippen LogP contribution in [0.25, 0.3) is 0 Å². The molecule has 21 heavy (non-hydrogen) atoms. The molecule has 1 fully saturated rings. The molecule has 2 rings (SSSR count). The summed E-state index contributed by atoms with van der Waals surface area (Å²) >= 11 is 0. The van der Waals surface area contributed by atoms with Gasteiger partial charge >= 0.3 is 0 Å². The van der Waals surface area contributed by atoms with Crippen LogP contribution in [0.15, 0.2) is 24.3 Å². The number of likely N-dealkylation sites (tertiary alicyclic amines) is 1. The number of amides is 2. The maximum absolute atomic E-state index is 12.7. The average molecular weight is 288 g/mol. The van der Waals surface area contributed by atoms with Gasteiger partial charge in [-0.15, -0.1) is 0 Å². The lowest BCUT2D eigenvalue weighted by Crippen LogP contribution is -2.47. The van der Waals surface area contributed by atoms with E-state index in [4.69, 9.17) is 0 Å². The van der Waals surface area contributed by atoms with E-state index in [0.717, 1.165) is 18.4 Å². The van der Waals surface area contributed by atoms with Crippen molar-refractivity contribution < 1.29 is 9.59 Å². The van der Waals surface area contributed by atoms with Crippen molar-refractivity contribution in [3.8, 4) is 0 Å². The molecule has 1 aromatic rings. The molecule has 0 bridgehead atoms. The molecule has 1 heterocycles. The molecule has 0 aliphatic carbocycles. The van der Waals surface area contributed by atoms with Gasteiger partial charge < -0.3 is 9.80 Å². The third-order valence-corrected chi connectivity index (χ3v) is 4.14. The topological polar surface area (TPSA) is 40.6 Å². The Kier molecular flexibility index (Phi) is 4.99. The van der Waals surface area contributed by atoms with Crippen LogP contribution in [0, 0.1) is 6.92 Å². The second-order valence-corrected chi connectivity index (χ2v) is 5.54. The number of likely N-dealkylation sites (N-methyl/N-ethyl adjacent to an activating group) is 1. The highest BCUT2D eigenvalue weighted by Crippen LogP contribution is 2.22. The van der Waals surface area contributed by atoms with Crippen molar-refractivity contribution in [3.05, 3.63) is 35.4 Å². The van der Waals surface area contributed by atoms with E-state index in [9.17, 15) is 9.59 Å². The molecule has 1 aromatic carbocycles. The normalized spacial score (nSPS) is 17.9. The number of aryl methyl sites for hydroxylation is 1. The molecule has 114 valence electrons. The summed E-state index contributed by atoms with van der Waals surface area (Å²) in [5, 5.41) is 0. The molecule has 0 spiro atoms. The van der Waals surface area contributed by atoms with Gasteiger partial charge in [0, 0.05) is 25.2 Å². The summed E-state index contributed by atoms with van der Waals surface area (Å²) in [6.07, 6.45) is 1.67. The zero-order valence-electron chi connectivity index (χ0n) is 13.1. The Morgan fingerprint density at radius 3 is 2.62 bits per heavy atom. The van der Waals surface area contributed by atoms with Crippen molar-refractivity contribution in [2.75, 3.05) is 19.6 Å². The molecular formula is C17H24N2O2. The second-order valence-electron chi connectivity index (χ2n) is 5.54. The zero-order valence-corrected chi connectivity index (χ0v) is 13.1. The van der Waals surface area contributed by atoms with Crippen LogP contribution >= 0.6 is 0 Å². The molecular weight excluding hydrogens is 264 g/mol. The molecule has 2 amide bonds. The average Bonchev–Trinajstić information content (AvgIpc) is 2.97. The Bertz CT molecular complexity index is 523. The molecule has 4 heteroatoms. The lowest BCUT2D eigenvalue weighted by Gasteiger charge is -2.29. The predicted molar refractivity (Wildman–Crippen MR) is 83.2 cm³/mol. The van der Waals surface area contributed by atoms with Crippen LogP contribution in [-0.2, 0) is 4.79 Å². The fourth-order valence-electron chi connectivity index (χ4n) is 2.96. The third kappa shape index (κ3) is 3.26. The molecule has 0 saturated carbocycles. The highest BCUT2D eigenvalue weighted by molar-refractivity contribution is 5.98. The summed E-state index contributed by atoms with van der Waals surface area (Å²) in [5.41, 5.74) is 1.74. The number of nitrogens with zero attached hydrogens (tertiary/aromatic N) is 2. The van der Waals surface area contributed by atoms with Crippen LogP contribution in [0.3, 0.4) is 0 Å². The molecule has 4 nitrogen and oxygen atoms in total. The Morgan fingerprint density at radius 1 is 1.29 bits per heavy atom. The number of rotatable bonds is 4. The van der Waals surface area contributed by atoms with Gasteiger partial charge in [0.25, 0.3) is 5.91 Å². The van der Waals surface area contributed by atoms with Gasteiger partial charge in [-0.05, 0) is 45.7 Å². The minimum atomic E-state index is -0.294. The van der Waals surface area contributed by atoms with Crippen LogP contribution in [-0.4, -0.2) is 47.3 Å². The fourth-order valence-corrected chi connectivity index (χ4v) is 2.96. The van der Waals surface area contributed by atoms with Crippen molar-refractivity contribution in [3.63, 3.8) is 0 Å². The van der Waals surface area contributed by atoms with Crippen molar-refractivity contribution in [1.82, 2.24) is 9.80 Å². The van der Waals surface area contributed by atoms with Crippen LogP contribution < -0.4 is 0 Å². The van der Waals surface area contributed by atoms with E-state index >= 15 is 0 Å². The van der Waals surface area contributed by atoms with Gasteiger partial charge in [0.2, 0.25) is 5.91 Å². The summed E-state index contributed by atoms with van der Waals surface area (Å²) in [4.78, 5) is 28.8. The van der Waals surface area contributed by atoms with Gasteiger partial charge in [-0.1, -0.05) is 17.7 Å². The van der Waals surface area contributed by atoms with Crippen molar-refractivity contribution >= 4 is 11.8 Å². The lowest BCUT2D eigenvalue weighted by atomic mass is 10.1. The molecule has 1 aliphatic rings. The summed E-state index contributed by atoms with van der Waals surface area (Å²) < 4.78 is 0. The van der Waals surface area contributed by atoms with Gasteiger partial charge in [0.1, 0.15) is 6.04 Å². The Hall–Kier alpha value is -1.84. The summed E-state index contributed by atoms with van der Waals surface area (Å²) in [6, 6.07) is 7.28. The zero-order chi connectivity index (χ0) is 15.4. The molecule has 1 atom stereocenters. The monoisotopic (exact) mass is 288 g/mol. The van der Waals surface area contributed by atoms with Gasteiger partial charge in [-0.2, -0.15) is 0 Å². The van der Waals surface area contributed by atoms with Crippen LogP contribution in [0.1, 0.15) is 42.6 Å². The van der Waals surface area contributed by atoms with E-state index in [0.29, 0.717) is 25.2 Å². The number of carbonyl (C=O) groups is 2. The van der Waals surface area contributed by atoms with Gasteiger partial charge in [0.05, 0.1) is 0 Å². The first kappa shape index (κ1) is 15.5. The fraction of sp³-hybridized carbons (Fsp3) is 0.529. The van der Waals surface area contributed by atoms with Crippen LogP contribution in [0.2, 0.25) is 0 Å². The van der Waals surface area contributed by atoms with Gasteiger partial charge in [0.15, 0.2) is 0 Å². The minimum absolute atomic E-state index is 0.0262. The first-order valence-electron chi connectivity index (χ1n) is 7.74. The number of benzene rings is 1. The smallest absolute Gasteiger partial charge is 0.254 e. The van der Waals surface area contributed by atoms with Crippen molar-refractivity contribution in [2.45, 2.75) is 39.7 Å². The molecule has 0 unspecified atom stereocenters. The third-order valence-electron chi connectivity index (χ3n) is 4.14. The van der Waals surface area contributed by atoms with Crippen molar-refractivity contribution in [2.24, 2.45) is 0 Å². The molecule has 0 N–H and O–H groups in total. The van der Waals surface area contributed by atoms with E-state index < -0.39 is 0 Å². The standard InChI is InChI=1S/C17H24N2O2/c1-4-18(5-2)17(21)15-10-7-11-19(15)16(20)14-9-6-8-13(3)12-14/h6,8-9,12,15H,4-5,7,10-11H2,1-3H3/t15-/m1/s1. The van der Waals surface area contributed by atoms with E-state index in [1.807, 2.05) is 49.9 Å². The Morgan fingerprint density at radius 2 is 2.00 bits per heavy atom. The number of hydrogen-bond donors (Lipinski definition) is 0. The van der Waals surface area contributed by atoms with E-state index in [-0.39, 0.29) is 17.9 Å². The van der Waals surface area contributed by atoms with Crippen LogP contribution in [0.4, 0.5) is 0 Å². The largest absolute Gasteiger partial charge is 0.341 e. The lowest BCUT2D eigenvalue weighted by molar-refractivity contribution is -0.134. The van der Waals surface area contributed by atoms with Crippen LogP contribution in [0.5, 0.6) is 0 Å². The molecule has 0 aromatic heterocycles. The molecule has 1 saturated heterocycles. The highest BCUT2D eigenvalue weighted by atomic mass is 16.2. The highest BCUT2D eigenvalue weighted by Gasteiger charge is 2.36. The minimum Gasteiger partial charge on any atom is -0.341 e. The van der Waals surface area contributed by atoms with E-state index in [2.05, 4.69) is 0 Å². The number of hydrogen-bond acceptors (Lipinski definition) is 2. The van der Waals surface area contributed by atoms with Gasteiger partial charge in [-0.25, -0.2) is 0 Å². The maximum Gasteiger partial charge on any atom is 0.254 e. The second kappa shape index (κ2) is 6.74. The summed E-state index contributed by atoms with van der Waals surface area (Å²) in [6.45, 7) is 7.98. The van der Waals surface area contributed by atoms with Crippen molar-refractivity contribution in [1.29, 1.82) is 0 Å². The first-order chi connectivity index (χ1) is 10.1. The maximum atomic E-state index is 12.7. The summed E-state index contributed by atoms with van der Waals surface area (Å²) in [7, 11) is 0. The Labute approximate surface area is 126 Å². The van der Waals surface area contributed by atoms with Gasteiger partial charge in [-0.3, -0.25) is 9.59 Å². The predicted octanol–water partition coefficient (Wildman–Crippen LogP) is 2.47. The van der Waals surface area contributed by atoms with E-state index in [1.54, 1.807) is 4.90 Å². The SMILES string of the molecule is CCN(CC)C(=O)[C@H]1CCCN1C(=O)c1cccc(C)c1. The molecule has 1 aliphatic heterocycles. The summed E-state index contributed by atoms with van der Waals surface area (Å²) in [5.74, 6) is 0.0557. The first-order valence-corrected chi connectivity index (χ1v) is 7.74. The molecule has 0 radical (unpaired) electrons. The quantitative estimate of drug-likeness (QED) is 0.854. The Balaban J connectivity index is 2.18. The van der Waals surface area contributed by atoms with E-state index in [1.165, 1.54) is 0 Å². The number of carbonyl (C=O) groups excluding carboxylic acids is 2.